The first-order chi connectivity index (χ1) is 48.2. The summed E-state index contributed by atoms with van der Waals surface area (Å²) in [6.45, 7) is 33.1. The third-order valence-electron chi connectivity index (χ3n) is 24.3. The van der Waals surface area contributed by atoms with Crippen molar-refractivity contribution in [2.24, 2.45) is 0 Å². The molecule has 10 rings (SSSR count). The number of thioether (sulfide) groups is 8. The van der Waals surface area contributed by atoms with E-state index in [4.69, 9.17) is 0 Å². The van der Waals surface area contributed by atoms with Crippen molar-refractivity contribution < 1.29 is 41.7 Å². The Morgan fingerprint density at radius 2 is 0.441 bits per heavy atom. The second kappa shape index (κ2) is 33.9. The first-order valence-corrected chi connectivity index (χ1v) is 43.7. The molecule has 6 aliphatic rings. The van der Waals surface area contributed by atoms with E-state index in [1.165, 1.54) is 40.5 Å². The molecule has 6 aliphatic heterocycles. The smallest absolute Gasteiger partial charge is 0.136 e. The normalized spacial score (nSPS) is 29.0. The van der Waals surface area contributed by atoms with E-state index in [1.807, 2.05) is 104 Å². The van der Waals surface area contributed by atoms with Crippen LogP contribution in [0.4, 0.5) is 0 Å². The molecule has 8 N–H and O–H groups in total. The molecule has 4 aromatic rings. The van der Waals surface area contributed by atoms with Crippen LogP contribution < -0.4 is 0 Å². The Bertz CT molecular complexity index is 3130. The van der Waals surface area contributed by atoms with E-state index in [9.17, 15) is 41.7 Å². The first kappa shape index (κ1) is 82.7. The van der Waals surface area contributed by atoms with Gasteiger partial charge in [-0.05, 0) is 180 Å². The van der Waals surface area contributed by atoms with Crippen LogP contribution in [0.15, 0.2) is 142 Å². The number of rotatable bonds is 32. The fourth-order valence-corrected chi connectivity index (χ4v) is 26.8. The van der Waals surface area contributed by atoms with Gasteiger partial charge >= 0.3 is 0 Å². The Kier molecular flexibility index (Phi) is 27.5. The lowest BCUT2D eigenvalue weighted by Gasteiger charge is -2.41. The van der Waals surface area contributed by atoms with Gasteiger partial charge in [0, 0.05) is 19.6 Å². The highest BCUT2D eigenvalue weighted by atomic mass is 32.3. The topological polar surface area (TPSA) is 188 Å². The Morgan fingerprint density at radius 3 is 0.608 bits per heavy atom. The second-order valence-corrected chi connectivity index (χ2v) is 41.6. The standard InChI is InChI=1S/C78H116N8O8S8/c1-17-21-25-29-49-75(13)71(5,6)79(87)61(83(75)91)53-33-41-57(42-34-53)95-65-66(96-58-43-35-54(36-44-58)62-80(88)72(7,8)76(14,84(62)92)50-30-26-22-18-2)100-69(99-65)70-101-67(97-59-45-37-55(38-46-59)63-81(89)73(9,10)77(15,85(63)93)51-31-27-23-19-3)68(102-70)98-60-47-39-56(40-48-60)64-82(90)74(11,12)78(16,86(64)94)52-32-28-24-20-4/h33-48,61-64,87-94H,17-32,49-52H2,1-16H3. The molecule has 4 saturated heterocycles. The zero-order valence-corrected chi connectivity index (χ0v) is 69.6. The van der Waals surface area contributed by atoms with Crippen LogP contribution in [0.25, 0.3) is 0 Å². The molecule has 4 fully saturated rings. The maximum atomic E-state index is 12.0. The second-order valence-electron chi connectivity index (χ2n) is 31.6. The molecule has 0 spiro atoms. The first-order valence-electron chi connectivity index (χ1n) is 37.2. The van der Waals surface area contributed by atoms with Gasteiger partial charge in [0.25, 0.3) is 0 Å². The third-order valence-corrected chi connectivity index (χ3v) is 35.6. The molecule has 0 aliphatic carbocycles. The van der Waals surface area contributed by atoms with Gasteiger partial charge in [-0.25, -0.2) is 0 Å². The number of hydroxylamine groups is 16. The molecule has 4 aromatic carbocycles. The van der Waals surface area contributed by atoms with Crippen LogP contribution in [-0.4, -0.2) is 126 Å². The molecular formula is C78H116N8O8S8. The van der Waals surface area contributed by atoms with Crippen LogP contribution in [0.1, 0.15) is 286 Å². The molecule has 6 heterocycles. The molecule has 0 amide bonds. The van der Waals surface area contributed by atoms with Gasteiger partial charge in [0.15, 0.2) is 0 Å². The Balaban J connectivity index is 0.961. The summed E-state index contributed by atoms with van der Waals surface area (Å²) < 4.78 is 6.69. The van der Waals surface area contributed by atoms with Gasteiger partial charge < -0.3 is 41.7 Å². The van der Waals surface area contributed by atoms with Crippen LogP contribution in [-0.2, 0) is 0 Å². The molecule has 102 heavy (non-hydrogen) atoms. The predicted octanol–water partition coefficient (Wildman–Crippen LogP) is 24.1. The van der Waals surface area contributed by atoms with Crippen LogP contribution >= 0.6 is 94.1 Å². The van der Waals surface area contributed by atoms with Crippen LogP contribution in [0.5, 0.6) is 0 Å². The highest BCUT2D eigenvalue weighted by Crippen LogP contribution is 2.69. The van der Waals surface area contributed by atoms with E-state index in [1.54, 1.807) is 94.1 Å². The summed E-state index contributed by atoms with van der Waals surface area (Å²) in [5.74, 6) is 0. The van der Waals surface area contributed by atoms with Crippen LogP contribution in [0, 0.1) is 0 Å². The van der Waals surface area contributed by atoms with Crippen molar-refractivity contribution in [3.8, 4) is 0 Å². The third kappa shape index (κ3) is 15.8. The molecule has 8 atom stereocenters. The fraction of sp³-hybridized carbons (Fsp3) is 0.615. The SMILES string of the molecule is CCCCCCC1(C)N(O)C(c2ccc(SC3=C(Sc4ccc(C5N(O)C(C)(C)C(C)(CCCCCC)N5O)cc4)SC(=C4SC(Sc5ccc(C6N(O)C(C)(C)C(C)(CCCCCC)N6O)cc5)=C(Sc5ccc(C6N(O)C(C)(C)C(C)(CCCCCC)N6O)cc5)S4)S3)cc2)N(O)C1(C)C. The Morgan fingerprint density at radius 1 is 0.265 bits per heavy atom. The van der Waals surface area contributed by atoms with Crippen molar-refractivity contribution in [3.63, 3.8) is 0 Å². The molecule has 0 bridgehead atoms. The van der Waals surface area contributed by atoms with Crippen molar-refractivity contribution in [1.82, 2.24) is 40.5 Å². The van der Waals surface area contributed by atoms with Gasteiger partial charge in [-0.2, -0.15) is 40.5 Å². The van der Waals surface area contributed by atoms with Crippen LogP contribution in [0.3, 0.4) is 0 Å². The minimum absolute atomic E-state index is 0.693. The zero-order chi connectivity index (χ0) is 74.1. The van der Waals surface area contributed by atoms with Gasteiger partial charge in [-0.1, -0.05) is 273 Å². The fourth-order valence-electron chi connectivity index (χ4n) is 15.4. The number of nitrogens with zero attached hydrogens (tertiary/aromatic N) is 8. The monoisotopic (exact) mass is 1550 g/mol. The maximum Gasteiger partial charge on any atom is 0.136 e. The van der Waals surface area contributed by atoms with Crippen molar-refractivity contribution in [2.75, 3.05) is 0 Å². The summed E-state index contributed by atoms with van der Waals surface area (Å²) in [5.41, 5.74) is -2.55. The Hall–Kier alpha value is -1.74. The van der Waals surface area contributed by atoms with E-state index in [-0.39, 0.29) is 0 Å². The zero-order valence-electron chi connectivity index (χ0n) is 63.1. The minimum atomic E-state index is -0.753. The predicted molar refractivity (Wildman–Crippen MR) is 426 cm³/mol. The van der Waals surface area contributed by atoms with Gasteiger partial charge in [0.05, 0.1) is 69.7 Å². The lowest BCUT2D eigenvalue weighted by Crippen LogP contribution is -2.55. The summed E-state index contributed by atoms with van der Waals surface area (Å²) >= 11 is 13.8. The van der Waals surface area contributed by atoms with Crippen molar-refractivity contribution in [2.45, 2.75) is 328 Å². The number of benzene rings is 4. The quantitative estimate of drug-likeness (QED) is 0.0216. The lowest BCUT2D eigenvalue weighted by atomic mass is 9.78. The summed E-state index contributed by atoms with van der Waals surface area (Å²) in [7, 11) is 0. The van der Waals surface area contributed by atoms with Gasteiger partial charge in [-0.3, -0.25) is 0 Å². The number of unbranched alkanes of at least 4 members (excludes halogenated alkanes) is 12. The molecule has 0 saturated carbocycles. The average Bonchev–Trinajstić information content (AvgIpc) is 1.59. The van der Waals surface area contributed by atoms with E-state index >= 15 is 0 Å². The molecule has 564 valence electrons. The van der Waals surface area contributed by atoms with Crippen LogP contribution in [0.2, 0.25) is 0 Å². The van der Waals surface area contributed by atoms with E-state index in [0.29, 0.717) is 0 Å². The molecule has 0 radical (unpaired) electrons. The largest absolute Gasteiger partial charge is 0.311 e. The summed E-state index contributed by atoms with van der Waals surface area (Å²) in [6.07, 6.45) is 17.0. The number of hydrogen-bond acceptors (Lipinski definition) is 24. The van der Waals surface area contributed by atoms with E-state index in [0.717, 1.165) is 196 Å². The van der Waals surface area contributed by atoms with Crippen molar-refractivity contribution >= 4 is 94.1 Å². The molecule has 16 nitrogen and oxygen atoms in total. The highest BCUT2D eigenvalue weighted by Gasteiger charge is 2.64. The molecule has 8 unspecified atom stereocenters. The van der Waals surface area contributed by atoms with E-state index < -0.39 is 69.0 Å². The average molecular weight is 1550 g/mol. The minimum Gasteiger partial charge on any atom is -0.311 e. The van der Waals surface area contributed by atoms with Crippen molar-refractivity contribution in [1.29, 1.82) is 0 Å². The van der Waals surface area contributed by atoms with E-state index in [2.05, 4.69) is 104 Å². The van der Waals surface area contributed by atoms with Gasteiger partial charge in [-0.15, -0.1) is 0 Å². The maximum absolute atomic E-state index is 12.0. The number of hydrogen-bond donors (Lipinski definition) is 8. The molecule has 0 aromatic heterocycles. The molecule has 24 heteroatoms. The van der Waals surface area contributed by atoms with Gasteiger partial charge in [0.2, 0.25) is 0 Å². The summed E-state index contributed by atoms with van der Waals surface area (Å²) in [6, 6.07) is 32.8. The molecular weight excluding hydrogens is 1430 g/mol. The lowest BCUT2D eigenvalue weighted by molar-refractivity contribution is -0.225. The summed E-state index contributed by atoms with van der Waals surface area (Å²) in [5, 5.41) is 106. The van der Waals surface area contributed by atoms with Gasteiger partial charge in [0.1, 0.15) is 24.7 Å². The summed E-state index contributed by atoms with van der Waals surface area (Å²) in [4.78, 5) is 4.02. The van der Waals surface area contributed by atoms with Crippen molar-refractivity contribution in [3.05, 3.63) is 145 Å². The Labute approximate surface area is 643 Å². The highest BCUT2D eigenvalue weighted by molar-refractivity contribution is 8.45.